The quantitative estimate of drug-likeness (QED) is 0.420. The molecule has 3 nitrogen and oxygen atoms in total. The van der Waals surface area contributed by atoms with E-state index in [9.17, 15) is 9.59 Å². The summed E-state index contributed by atoms with van der Waals surface area (Å²) in [7, 11) is 0. The summed E-state index contributed by atoms with van der Waals surface area (Å²) in [6.07, 6.45) is 5.56. The van der Waals surface area contributed by atoms with Gasteiger partial charge in [0.05, 0.1) is 6.26 Å². The van der Waals surface area contributed by atoms with E-state index < -0.39 is 0 Å². The van der Waals surface area contributed by atoms with Gasteiger partial charge >= 0.3 is 0 Å². The summed E-state index contributed by atoms with van der Waals surface area (Å²) in [5.74, 6) is 0.489. The van der Waals surface area contributed by atoms with Crippen molar-refractivity contribution < 1.29 is 14.0 Å². The Labute approximate surface area is 95.1 Å². The molecule has 16 heavy (non-hydrogen) atoms. The van der Waals surface area contributed by atoms with Gasteiger partial charge in [-0.15, -0.1) is 0 Å². The Balaban J connectivity index is 2.62. The molecular formula is C13H16O3. The molecule has 0 N–H and O–H groups in total. The van der Waals surface area contributed by atoms with Crippen molar-refractivity contribution in [3.63, 3.8) is 0 Å². The lowest BCUT2D eigenvalue weighted by Gasteiger charge is -2.04. The first-order chi connectivity index (χ1) is 7.65. The Morgan fingerprint density at radius 2 is 2.31 bits per heavy atom. The Morgan fingerprint density at radius 3 is 2.88 bits per heavy atom. The molecule has 1 atom stereocenters. The molecule has 86 valence electrons. The van der Waals surface area contributed by atoms with Crippen LogP contribution in [0.25, 0.3) is 0 Å². The third-order valence-electron chi connectivity index (χ3n) is 2.38. The zero-order valence-corrected chi connectivity index (χ0v) is 9.60. The topological polar surface area (TPSA) is 47.3 Å². The number of carbonyl (C=O) groups excluding carboxylic acids is 2. The zero-order chi connectivity index (χ0) is 12.0. The fraction of sp³-hybridized carbons (Fsp3) is 0.385. The normalized spacial score (nSPS) is 13.5. The van der Waals surface area contributed by atoms with Crippen LogP contribution < -0.4 is 0 Å². The number of hydrogen-bond donors (Lipinski definition) is 0. The maximum absolute atomic E-state index is 11.8. The summed E-state index contributed by atoms with van der Waals surface area (Å²) in [5, 5.41) is 0. The Bertz CT molecular complexity index is 374. The summed E-state index contributed by atoms with van der Waals surface area (Å²) < 4.78 is 5.03. The molecule has 0 aromatic carbocycles. The van der Waals surface area contributed by atoms with Gasteiger partial charge in [0.1, 0.15) is 6.29 Å². The van der Waals surface area contributed by atoms with Gasteiger partial charge in [-0.25, -0.2) is 0 Å². The van der Waals surface area contributed by atoms with Crippen LogP contribution in [0.1, 0.15) is 37.2 Å². The maximum atomic E-state index is 11.8. The summed E-state index contributed by atoms with van der Waals surface area (Å²) in [5.41, 5.74) is 0.661. The summed E-state index contributed by atoms with van der Waals surface area (Å²) in [6.45, 7) is 3.75. The van der Waals surface area contributed by atoms with Crippen LogP contribution in [0, 0.1) is 5.92 Å². The molecule has 0 aliphatic carbocycles. The van der Waals surface area contributed by atoms with E-state index in [1.54, 1.807) is 19.1 Å². The fourth-order valence-corrected chi connectivity index (χ4v) is 1.52. The molecule has 1 aromatic heterocycles. The van der Waals surface area contributed by atoms with Crippen LogP contribution >= 0.6 is 0 Å². The van der Waals surface area contributed by atoms with E-state index in [0.29, 0.717) is 17.8 Å². The highest BCUT2D eigenvalue weighted by molar-refractivity contribution is 6.06. The number of Topliss-reactive ketones (excluding diaryl/α,β-unsaturated/α-hetero) is 1. The molecule has 0 amide bonds. The molecule has 0 aliphatic rings. The molecular weight excluding hydrogens is 204 g/mol. The molecule has 0 bridgehead atoms. The first kappa shape index (κ1) is 12.4. The lowest BCUT2D eigenvalue weighted by molar-refractivity contribution is -0.108. The predicted octanol–water partition coefficient (Wildman–Crippen LogP) is 3.02. The lowest BCUT2D eigenvalue weighted by Crippen LogP contribution is -2.01. The highest BCUT2D eigenvalue weighted by atomic mass is 16.3. The summed E-state index contributed by atoms with van der Waals surface area (Å²) >= 11 is 0. The van der Waals surface area contributed by atoms with Crippen molar-refractivity contribution in [2.45, 2.75) is 26.7 Å². The van der Waals surface area contributed by atoms with Gasteiger partial charge in [-0.05, 0) is 37.0 Å². The minimum Gasteiger partial charge on any atom is -0.461 e. The van der Waals surface area contributed by atoms with E-state index in [0.717, 1.165) is 12.7 Å². The van der Waals surface area contributed by atoms with E-state index in [2.05, 4.69) is 0 Å². The fourth-order valence-electron chi connectivity index (χ4n) is 1.52. The summed E-state index contributed by atoms with van der Waals surface area (Å²) in [4.78, 5) is 22.0. The first-order valence-electron chi connectivity index (χ1n) is 5.35. The number of carbonyl (C=O) groups is 2. The number of rotatable bonds is 6. The van der Waals surface area contributed by atoms with Crippen LogP contribution in [0.4, 0.5) is 0 Å². The van der Waals surface area contributed by atoms with Crippen LogP contribution in [0.3, 0.4) is 0 Å². The third-order valence-corrected chi connectivity index (χ3v) is 2.38. The second kappa shape index (κ2) is 6.05. The highest BCUT2D eigenvalue weighted by Crippen LogP contribution is 2.13. The van der Waals surface area contributed by atoms with Crippen molar-refractivity contribution >= 4 is 12.1 Å². The largest absolute Gasteiger partial charge is 0.461 e. The van der Waals surface area contributed by atoms with Crippen LogP contribution in [0.15, 0.2) is 34.5 Å². The third kappa shape index (κ3) is 3.50. The van der Waals surface area contributed by atoms with Gasteiger partial charge in [0.25, 0.3) is 0 Å². The van der Waals surface area contributed by atoms with Crippen molar-refractivity contribution in [2.24, 2.45) is 5.92 Å². The molecule has 0 fully saturated rings. The zero-order valence-electron chi connectivity index (χ0n) is 9.60. The van der Waals surface area contributed by atoms with E-state index in [-0.39, 0.29) is 11.7 Å². The highest BCUT2D eigenvalue weighted by Gasteiger charge is 2.11. The van der Waals surface area contributed by atoms with E-state index in [4.69, 9.17) is 4.42 Å². The molecule has 0 saturated heterocycles. The molecule has 1 heterocycles. The maximum Gasteiger partial charge on any atom is 0.223 e. The number of ketones is 1. The van der Waals surface area contributed by atoms with Crippen molar-refractivity contribution in [3.05, 3.63) is 35.8 Å². The van der Waals surface area contributed by atoms with Crippen molar-refractivity contribution in [2.75, 3.05) is 0 Å². The van der Waals surface area contributed by atoms with E-state index in [1.165, 1.54) is 6.26 Å². The Morgan fingerprint density at radius 1 is 1.56 bits per heavy atom. The van der Waals surface area contributed by atoms with Crippen molar-refractivity contribution in [1.82, 2.24) is 0 Å². The second-order valence-corrected chi connectivity index (χ2v) is 3.88. The van der Waals surface area contributed by atoms with Gasteiger partial charge in [0.2, 0.25) is 5.78 Å². The number of furan rings is 1. The molecule has 3 heteroatoms. The molecule has 1 rings (SSSR count). The number of hydrogen-bond acceptors (Lipinski definition) is 3. The van der Waals surface area contributed by atoms with Crippen LogP contribution in [0.2, 0.25) is 0 Å². The van der Waals surface area contributed by atoms with Gasteiger partial charge in [-0.1, -0.05) is 13.0 Å². The SMILES string of the molecule is C/C(=C\[C@H](C)CCC=O)C(=O)c1ccco1. The average Bonchev–Trinajstić information content (AvgIpc) is 2.78. The molecule has 0 saturated carbocycles. The van der Waals surface area contributed by atoms with Gasteiger partial charge < -0.3 is 9.21 Å². The second-order valence-electron chi connectivity index (χ2n) is 3.88. The smallest absolute Gasteiger partial charge is 0.223 e. The van der Waals surface area contributed by atoms with Crippen LogP contribution in [0.5, 0.6) is 0 Å². The monoisotopic (exact) mass is 220 g/mol. The summed E-state index contributed by atoms with van der Waals surface area (Å²) in [6, 6.07) is 3.34. The minimum absolute atomic E-state index is 0.0945. The van der Waals surface area contributed by atoms with Crippen molar-refractivity contribution in [1.29, 1.82) is 0 Å². The van der Waals surface area contributed by atoms with E-state index >= 15 is 0 Å². The standard InChI is InChI=1S/C13H16O3/c1-10(5-3-7-14)9-11(2)13(15)12-6-4-8-16-12/h4,6-10H,3,5H2,1-2H3/b11-9+/t10-/m1/s1. The number of aldehydes is 1. The van der Waals surface area contributed by atoms with Gasteiger partial charge in [-0.2, -0.15) is 0 Å². The molecule has 0 spiro atoms. The number of allylic oxidation sites excluding steroid dienone is 2. The molecule has 1 aromatic rings. The lowest BCUT2D eigenvalue weighted by atomic mass is 10.0. The Hall–Kier alpha value is -1.64. The molecule has 0 aliphatic heterocycles. The van der Waals surface area contributed by atoms with Crippen LogP contribution in [-0.4, -0.2) is 12.1 Å². The molecule has 0 radical (unpaired) electrons. The minimum atomic E-state index is -0.0945. The predicted molar refractivity (Wildman–Crippen MR) is 61.3 cm³/mol. The van der Waals surface area contributed by atoms with Gasteiger partial charge in [0, 0.05) is 6.42 Å². The van der Waals surface area contributed by atoms with Crippen LogP contribution in [-0.2, 0) is 4.79 Å². The average molecular weight is 220 g/mol. The van der Waals surface area contributed by atoms with Crippen molar-refractivity contribution in [3.8, 4) is 0 Å². The van der Waals surface area contributed by atoms with Gasteiger partial charge in [0.15, 0.2) is 5.76 Å². The Kier molecular flexibility index (Phi) is 4.70. The van der Waals surface area contributed by atoms with E-state index in [1.807, 2.05) is 13.0 Å². The molecule has 0 unspecified atom stereocenters. The first-order valence-corrected chi connectivity index (χ1v) is 5.35. The van der Waals surface area contributed by atoms with Gasteiger partial charge in [-0.3, -0.25) is 4.79 Å².